The van der Waals surface area contributed by atoms with Crippen LogP contribution in [0.3, 0.4) is 0 Å². The van der Waals surface area contributed by atoms with Crippen LogP contribution in [-0.4, -0.2) is 5.91 Å². The first kappa shape index (κ1) is 18.5. The van der Waals surface area contributed by atoms with Gasteiger partial charge in [0.1, 0.15) is 23.9 Å². The SMILES string of the molecule is Cc1ccc(NC(=O)c2ccccc2NC(C#N)=C(C#N)C#N)cc1Cl. The number of anilines is 2. The summed E-state index contributed by atoms with van der Waals surface area (Å²) in [7, 11) is 0. The molecule has 2 N–H and O–H groups in total. The molecular weight excluding hydrogens is 350 g/mol. The number of benzene rings is 2. The zero-order valence-electron chi connectivity index (χ0n) is 13.7. The molecule has 0 spiro atoms. The third-order valence-corrected chi connectivity index (χ3v) is 3.85. The van der Waals surface area contributed by atoms with Gasteiger partial charge in [0, 0.05) is 10.7 Å². The van der Waals surface area contributed by atoms with Gasteiger partial charge in [-0.3, -0.25) is 4.79 Å². The Morgan fingerprint density at radius 2 is 1.69 bits per heavy atom. The van der Waals surface area contributed by atoms with E-state index in [1.54, 1.807) is 60.7 Å². The second-order valence-electron chi connectivity index (χ2n) is 5.17. The molecule has 0 aromatic heterocycles. The van der Waals surface area contributed by atoms with Crippen LogP contribution in [0.15, 0.2) is 53.7 Å². The first-order chi connectivity index (χ1) is 12.5. The van der Waals surface area contributed by atoms with E-state index >= 15 is 0 Å². The highest BCUT2D eigenvalue weighted by Gasteiger charge is 2.14. The number of hydrogen-bond acceptors (Lipinski definition) is 5. The second kappa shape index (κ2) is 8.35. The normalized spacial score (nSPS) is 9.19. The van der Waals surface area contributed by atoms with Gasteiger partial charge < -0.3 is 10.6 Å². The molecule has 0 saturated carbocycles. The van der Waals surface area contributed by atoms with Crippen LogP contribution in [0, 0.1) is 40.9 Å². The Hall–Kier alpha value is -3.79. The van der Waals surface area contributed by atoms with Crippen LogP contribution in [-0.2, 0) is 0 Å². The van der Waals surface area contributed by atoms with Crippen molar-refractivity contribution >= 4 is 28.9 Å². The topological polar surface area (TPSA) is 112 Å². The number of nitrogens with zero attached hydrogens (tertiary/aromatic N) is 3. The maximum absolute atomic E-state index is 12.6. The summed E-state index contributed by atoms with van der Waals surface area (Å²) in [5.41, 5.74) is 1.35. The van der Waals surface area contributed by atoms with Crippen LogP contribution in [0.1, 0.15) is 15.9 Å². The van der Waals surface area contributed by atoms with Gasteiger partial charge in [0.2, 0.25) is 0 Å². The largest absolute Gasteiger partial charge is 0.344 e. The van der Waals surface area contributed by atoms with Gasteiger partial charge in [-0.05, 0) is 36.8 Å². The lowest BCUT2D eigenvalue weighted by Gasteiger charge is -2.12. The molecule has 0 bridgehead atoms. The van der Waals surface area contributed by atoms with Crippen LogP contribution >= 0.6 is 11.6 Å². The predicted molar refractivity (Wildman–Crippen MR) is 98.1 cm³/mol. The van der Waals surface area contributed by atoms with E-state index in [4.69, 9.17) is 27.4 Å². The predicted octanol–water partition coefficient (Wildman–Crippen LogP) is 4.14. The summed E-state index contributed by atoms with van der Waals surface area (Å²) in [6, 6.07) is 16.6. The van der Waals surface area contributed by atoms with Crippen LogP contribution in [0.25, 0.3) is 0 Å². The summed E-state index contributed by atoms with van der Waals surface area (Å²) in [5.74, 6) is -0.430. The van der Waals surface area contributed by atoms with Crippen molar-refractivity contribution in [3.63, 3.8) is 0 Å². The molecule has 0 saturated heterocycles. The molecule has 126 valence electrons. The molecule has 26 heavy (non-hydrogen) atoms. The number of rotatable bonds is 4. The van der Waals surface area contributed by atoms with Crippen molar-refractivity contribution in [3.05, 3.63) is 69.9 Å². The van der Waals surface area contributed by atoms with Crippen LogP contribution < -0.4 is 10.6 Å². The van der Waals surface area contributed by atoms with Gasteiger partial charge in [0.15, 0.2) is 5.57 Å². The van der Waals surface area contributed by atoms with Crippen molar-refractivity contribution in [2.75, 3.05) is 10.6 Å². The number of carbonyl (C=O) groups is 1. The maximum Gasteiger partial charge on any atom is 0.257 e. The van der Waals surface area contributed by atoms with Gasteiger partial charge in [0.25, 0.3) is 5.91 Å². The maximum atomic E-state index is 12.6. The third-order valence-electron chi connectivity index (χ3n) is 3.45. The van der Waals surface area contributed by atoms with Gasteiger partial charge in [-0.2, -0.15) is 15.8 Å². The number of amides is 1. The van der Waals surface area contributed by atoms with Crippen molar-refractivity contribution < 1.29 is 4.79 Å². The standard InChI is InChI=1S/C19H12ClN5O/c1-12-6-7-14(8-16(12)20)24-19(26)15-4-2-3-5-17(15)25-18(11-23)13(9-21)10-22/h2-8,25H,1H3,(H,24,26). The Kier molecular flexibility index (Phi) is 5.96. The van der Waals surface area contributed by atoms with Gasteiger partial charge in [0.05, 0.1) is 11.3 Å². The summed E-state index contributed by atoms with van der Waals surface area (Å²) < 4.78 is 0. The molecular formula is C19H12ClN5O. The lowest BCUT2D eigenvalue weighted by molar-refractivity contribution is 0.102. The van der Waals surface area contributed by atoms with Crippen molar-refractivity contribution in [1.82, 2.24) is 0 Å². The minimum absolute atomic E-state index is 0.228. The van der Waals surface area contributed by atoms with Crippen molar-refractivity contribution in [1.29, 1.82) is 15.8 Å². The molecule has 2 rings (SSSR count). The smallest absolute Gasteiger partial charge is 0.257 e. The van der Waals surface area contributed by atoms with E-state index in [1.807, 2.05) is 6.92 Å². The number of carbonyl (C=O) groups excluding carboxylic acids is 1. The molecule has 0 radical (unpaired) electrons. The molecule has 7 heteroatoms. The first-order valence-electron chi connectivity index (χ1n) is 7.38. The fraction of sp³-hybridized carbons (Fsp3) is 0.0526. The zero-order valence-corrected chi connectivity index (χ0v) is 14.4. The van der Waals surface area contributed by atoms with E-state index in [2.05, 4.69) is 10.6 Å². The number of aryl methyl sites for hydroxylation is 1. The lowest BCUT2D eigenvalue weighted by Crippen LogP contribution is -2.15. The Morgan fingerprint density at radius 3 is 2.31 bits per heavy atom. The van der Waals surface area contributed by atoms with E-state index in [0.29, 0.717) is 16.4 Å². The molecule has 0 unspecified atom stereocenters. The fourth-order valence-electron chi connectivity index (χ4n) is 2.08. The van der Waals surface area contributed by atoms with Gasteiger partial charge in [-0.15, -0.1) is 0 Å². The summed E-state index contributed by atoms with van der Waals surface area (Å²) in [6.45, 7) is 1.85. The van der Waals surface area contributed by atoms with E-state index < -0.39 is 5.91 Å². The Balaban J connectivity index is 2.34. The van der Waals surface area contributed by atoms with Crippen molar-refractivity contribution in [2.45, 2.75) is 6.92 Å². The van der Waals surface area contributed by atoms with Crippen LogP contribution in [0.5, 0.6) is 0 Å². The molecule has 6 nitrogen and oxygen atoms in total. The molecule has 0 aliphatic carbocycles. The third kappa shape index (κ3) is 4.19. The number of para-hydroxylation sites is 1. The summed E-state index contributed by atoms with van der Waals surface area (Å²) >= 11 is 6.06. The molecule has 1 amide bonds. The minimum atomic E-state index is -0.430. The number of nitriles is 3. The Bertz CT molecular complexity index is 1010. The van der Waals surface area contributed by atoms with Crippen LogP contribution in [0.2, 0.25) is 5.02 Å². The van der Waals surface area contributed by atoms with E-state index in [-0.39, 0.29) is 16.8 Å². The highest BCUT2D eigenvalue weighted by atomic mass is 35.5. The molecule has 0 fully saturated rings. The average Bonchev–Trinajstić information content (AvgIpc) is 2.65. The quantitative estimate of drug-likeness (QED) is 0.794. The molecule has 2 aromatic rings. The number of nitrogens with one attached hydrogen (secondary N) is 2. The first-order valence-corrected chi connectivity index (χ1v) is 7.76. The van der Waals surface area contributed by atoms with E-state index in [0.717, 1.165) is 5.56 Å². The fourth-order valence-corrected chi connectivity index (χ4v) is 2.26. The number of halogens is 1. The van der Waals surface area contributed by atoms with Crippen molar-refractivity contribution in [3.8, 4) is 18.2 Å². The molecule has 0 aliphatic rings. The summed E-state index contributed by atoms with van der Waals surface area (Å²) in [4.78, 5) is 12.6. The number of hydrogen-bond donors (Lipinski definition) is 2. The second-order valence-corrected chi connectivity index (χ2v) is 5.58. The van der Waals surface area contributed by atoms with Crippen molar-refractivity contribution in [2.24, 2.45) is 0 Å². The van der Waals surface area contributed by atoms with Crippen LogP contribution in [0.4, 0.5) is 11.4 Å². The highest BCUT2D eigenvalue weighted by Crippen LogP contribution is 2.23. The Morgan fingerprint density at radius 1 is 1.00 bits per heavy atom. The van der Waals surface area contributed by atoms with E-state index in [1.165, 1.54) is 0 Å². The van der Waals surface area contributed by atoms with Gasteiger partial charge in [-0.1, -0.05) is 29.8 Å². The Labute approximate surface area is 155 Å². The number of allylic oxidation sites excluding steroid dienone is 2. The van der Waals surface area contributed by atoms with Gasteiger partial charge >= 0.3 is 0 Å². The zero-order chi connectivity index (χ0) is 19.1. The monoisotopic (exact) mass is 361 g/mol. The molecule has 2 aromatic carbocycles. The lowest BCUT2D eigenvalue weighted by atomic mass is 10.1. The highest BCUT2D eigenvalue weighted by molar-refractivity contribution is 6.31. The van der Waals surface area contributed by atoms with Gasteiger partial charge in [-0.25, -0.2) is 0 Å². The molecule has 0 heterocycles. The van der Waals surface area contributed by atoms with E-state index in [9.17, 15) is 4.79 Å². The summed E-state index contributed by atoms with van der Waals surface area (Å²) in [6.07, 6.45) is 0. The minimum Gasteiger partial charge on any atom is -0.344 e. The summed E-state index contributed by atoms with van der Waals surface area (Å²) in [5, 5.41) is 32.9. The molecule has 0 aliphatic heterocycles. The average molecular weight is 362 g/mol. The molecule has 0 atom stereocenters.